The molecular formula is C16H21N3. The molecule has 0 saturated heterocycles. The smallest absolute Gasteiger partial charge is 0.194 e. The van der Waals surface area contributed by atoms with Crippen molar-refractivity contribution in [2.45, 2.75) is 45.1 Å². The van der Waals surface area contributed by atoms with E-state index in [2.05, 4.69) is 34.4 Å². The van der Waals surface area contributed by atoms with Crippen LogP contribution in [0.3, 0.4) is 0 Å². The average molecular weight is 255 g/mol. The van der Waals surface area contributed by atoms with Crippen LogP contribution in [0.5, 0.6) is 0 Å². The molecule has 0 aliphatic heterocycles. The molecule has 1 aromatic rings. The van der Waals surface area contributed by atoms with Crippen molar-refractivity contribution in [3.8, 4) is 12.3 Å². The second-order valence-electron chi connectivity index (χ2n) is 4.88. The average Bonchev–Trinajstić information content (AvgIpc) is 2.45. The minimum absolute atomic E-state index is 0.146. The first-order valence-corrected chi connectivity index (χ1v) is 6.91. The van der Waals surface area contributed by atoms with Gasteiger partial charge in [0, 0.05) is 5.69 Å². The summed E-state index contributed by atoms with van der Waals surface area (Å²) < 4.78 is 0. The fraction of sp³-hybridized carbons (Fsp3) is 0.438. The highest BCUT2D eigenvalue weighted by atomic mass is 15.1. The summed E-state index contributed by atoms with van der Waals surface area (Å²) in [4.78, 5) is 4.30. The first kappa shape index (κ1) is 13.5. The van der Waals surface area contributed by atoms with Gasteiger partial charge in [0.1, 0.15) is 6.04 Å². The molecule has 1 aliphatic carbocycles. The van der Waals surface area contributed by atoms with Gasteiger partial charge in [0.05, 0.1) is 0 Å². The second kappa shape index (κ2) is 6.29. The van der Waals surface area contributed by atoms with Gasteiger partial charge in [-0.25, -0.2) is 4.99 Å². The summed E-state index contributed by atoms with van der Waals surface area (Å²) in [6.45, 7) is 2.01. The Morgan fingerprint density at radius 1 is 1.47 bits per heavy atom. The molecule has 3 N–H and O–H groups in total. The van der Waals surface area contributed by atoms with E-state index in [1.54, 1.807) is 0 Å². The number of hydrogen-bond acceptors (Lipinski definition) is 1. The Labute approximate surface area is 115 Å². The van der Waals surface area contributed by atoms with Crippen molar-refractivity contribution in [3.63, 3.8) is 0 Å². The molecule has 0 heterocycles. The lowest BCUT2D eigenvalue weighted by molar-refractivity contribution is 0.687. The minimum atomic E-state index is -0.146. The van der Waals surface area contributed by atoms with Crippen LogP contribution < -0.4 is 11.1 Å². The van der Waals surface area contributed by atoms with Crippen LogP contribution in [0, 0.1) is 12.3 Å². The van der Waals surface area contributed by atoms with Crippen LogP contribution in [0.15, 0.2) is 23.2 Å². The van der Waals surface area contributed by atoms with Gasteiger partial charge in [-0.05, 0) is 49.3 Å². The van der Waals surface area contributed by atoms with Crippen LogP contribution in [0.1, 0.15) is 37.3 Å². The Kier molecular flexibility index (Phi) is 4.46. The van der Waals surface area contributed by atoms with Crippen molar-refractivity contribution in [3.05, 3.63) is 29.3 Å². The Hall–Kier alpha value is -1.95. The SMILES string of the molecule is C#CC(CC)N=C(N)Nc1cccc2c1CCCC2. The number of nitrogens with zero attached hydrogens (tertiary/aromatic N) is 1. The monoisotopic (exact) mass is 255 g/mol. The molecule has 0 amide bonds. The van der Waals surface area contributed by atoms with Gasteiger partial charge in [-0.15, -0.1) is 6.42 Å². The molecule has 0 bridgehead atoms. The number of aryl methyl sites for hydroxylation is 1. The highest BCUT2D eigenvalue weighted by Crippen LogP contribution is 2.27. The first-order valence-electron chi connectivity index (χ1n) is 6.91. The van der Waals surface area contributed by atoms with Gasteiger partial charge in [-0.3, -0.25) is 0 Å². The lowest BCUT2D eigenvalue weighted by Crippen LogP contribution is -2.25. The Bertz CT molecular complexity index is 511. The molecule has 0 saturated carbocycles. The number of benzene rings is 1. The number of aliphatic imine (C=N–C) groups is 1. The van der Waals surface area contributed by atoms with Crippen molar-refractivity contribution in [1.29, 1.82) is 0 Å². The summed E-state index contributed by atoms with van der Waals surface area (Å²) in [6, 6.07) is 6.18. The van der Waals surface area contributed by atoms with Crippen molar-refractivity contribution >= 4 is 11.6 Å². The molecule has 1 unspecified atom stereocenters. The van der Waals surface area contributed by atoms with Gasteiger partial charge in [-0.1, -0.05) is 25.0 Å². The Morgan fingerprint density at radius 2 is 2.26 bits per heavy atom. The summed E-state index contributed by atoms with van der Waals surface area (Å²) in [7, 11) is 0. The highest BCUT2D eigenvalue weighted by Gasteiger charge is 2.13. The molecule has 0 radical (unpaired) electrons. The van der Waals surface area contributed by atoms with Gasteiger partial charge < -0.3 is 11.1 Å². The maximum Gasteiger partial charge on any atom is 0.194 e. The van der Waals surface area contributed by atoms with E-state index in [0.717, 1.165) is 24.9 Å². The van der Waals surface area contributed by atoms with Crippen molar-refractivity contribution in [2.24, 2.45) is 10.7 Å². The summed E-state index contributed by atoms with van der Waals surface area (Å²) >= 11 is 0. The molecular weight excluding hydrogens is 234 g/mol. The maximum atomic E-state index is 5.93. The largest absolute Gasteiger partial charge is 0.370 e. The van der Waals surface area contributed by atoms with Crippen LogP contribution in [0.4, 0.5) is 5.69 Å². The molecule has 3 heteroatoms. The Morgan fingerprint density at radius 3 is 3.00 bits per heavy atom. The van der Waals surface area contributed by atoms with E-state index in [9.17, 15) is 0 Å². The van der Waals surface area contributed by atoms with Crippen LogP contribution in [0.25, 0.3) is 0 Å². The van der Waals surface area contributed by atoms with Crippen molar-refractivity contribution < 1.29 is 0 Å². The lowest BCUT2D eigenvalue weighted by Gasteiger charge is -2.20. The summed E-state index contributed by atoms with van der Waals surface area (Å²) in [6.07, 6.45) is 11.0. The van der Waals surface area contributed by atoms with Crippen LogP contribution in [-0.4, -0.2) is 12.0 Å². The third-order valence-corrected chi connectivity index (χ3v) is 3.53. The van der Waals surface area contributed by atoms with E-state index in [1.807, 2.05) is 6.92 Å². The summed E-state index contributed by atoms with van der Waals surface area (Å²) in [5.41, 5.74) is 9.81. The molecule has 0 fully saturated rings. The number of nitrogens with two attached hydrogens (primary N) is 1. The Balaban J connectivity index is 2.18. The molecule has 1 aromatic carbocycles. The van der Waals surface area contributed by atoms with Crippen LogP contribution >= 0.6 is 0 Å². The van der Waals surface area contributed by atoms with Gasteiger partial charge >= 0.3 is 0 Å². The van der Waals surface area contributed by atoms with E-state index < -0.39 is 0 Å². The van der Waals surface area contributed by atoms with Crippen LogP contribution in [0.2, 0.25) is 0 Å². The molecule has 2 rings (SSSR count). The zero-order valence-corrected chi connectivity index (χ0v) is 11.4. The molecule has 1 atom stereocenters. The molecule has 100 valence electrons. The molecule has 3 nitrogen and oxygen atoms in total. The fourth-order valence-corrected chi connectivity index (χ4v) is 2.48. The number of nitrogens with one attached hydrogen (secondary N) is 1. The number of rotatable bonds is 3. The highest BCUT2D eigenvalue weighted by molar-refractivity contribution is 5.93. The van der Waals surface area contributed by atoms with Gasteiger partial charge in [0.15, 0.2) is 5.96 Å². The van der Waals surface area contributed by atoms with E-state index >= 15 is 0 Å². The number of terminal acetylenes is 1. The first-order chi connectivity index (χ1) is 9.24. The van der Waals surface area contributed by atoms with Gasteiger partial charge in [0.2, 0.25) is 0 Å². The van der Waals surface area contributed by atoms with Crippen molar-refractivity contribution in [2.75, 3.05) is 5.32 Å². The number of fused-ring (bicyclic) bond motifs is 1. The third kappa shape index (κ3) is 3.29. The number of hydrogen-bond donors (Lipinski definition) is 2. The normalized spacial score (nSPS) is 16.3. The third-order valence-electron chi connectivity index (χ3n) is 3.53. The standard InChI is InChI=1S/C16H21N3/c1-3-13(4-2)18-16(17)19-15-11-7-9-12-8-5-6-10-14(12)15/h1,7,9,11,13H,4-6,8,10H2,2H3,(H3,17,18,19). The summed E-state index contributed by atoms with van der Waals surface area (Å²) in [5, 5.41) is 3.20. The van der Waals surface area contributed by atoms with Gasteiger partial charge in [0.25, 0.3) is 0 Å². The van der Waals surface area contributed by atoms with E-state index in [4.69, 9.17) is 12.2 Å². The van der Waals surface area contributed by atoms with Crippen molar-refractivity contribution in [1.82, 2.24) is 0 Å². The molecule has 0 spiro atoms. The zero-order valence-electron chi connectivity index (χ0n) is 11.4. The fourth-order valence-electron chi connectivity index (χ4n) is 2.48. The van der Waals surface area contributed by atoms with E-state index in [1.165, 1.54) is 24.0 Å². The minimum Gasteiger partial charge on any atom is -0.370 e. The van der Waals surface area contributed by atoms with E-state index in [0.29, 0.717) is 5.96 Å². The predicted octanol–water partition coefficient (Wildman–Crippen LogP) is 2.70. The number of guanidine groups is 1. The topological polar surface area (TPSA) is 50.4 Å². The number of anilines is 1. The molecule has 19 heavy (non-hydrogen) atoms. The maximum absolute atomic E-state index is 5.93. The summed E-state index contributed by atoms with van der Waals surface area (Å²) in [5.74, 6) is 3.03. The molecule has 0 aromatic heterocycles. The predicted molar refractivity (Wildman–Crippen MR) is 81.2 cm³/mol. The quantitative estimate of drug-likeness (QED) is 0.495. The zero-order chi connectivity index (χ0) is 13.7. The lowest BCUT2D eigenvalue weighted by atomic mass is 9.90. The molecule has 1 aliphatic rings. The second-order valence-corrected chi connectivity index (χ2v) is 4.88. The van der Waals surface area contributed by atoms with Crippen LogP contribution in [-0.2, 0) is 12.8 Å². The van der Waals surface area contributed by atoms with Gasteiger partial charge in [-0.2, -0.15) is 0 Å². The van der Waals surface area contributed by atoms with E-state index in [-0.39, 0.29) is 6.04 Å².